The number of carbonyl (C=O) groups excluding carboxylic acids is 2. The van der Waals surface area contributed by atoms with Crippen LogP contribution in [0.4, 0.5) is 4.79 Å². The Balaban J connectivity index is 1.99. The molecule has 156 valence electrons. The van der Waals surface area contributed by atoms with Crippen LogP contribution in [-0.2, 0) is 4.79 Å². The van der Waals surface area contributed by atoms with Crippen molar-refractivity contribution in [2.75, 3.05) is 0 Å². The van der Waals surface area contributed by atoms with E-state index in [9.17, 15) is 9.59 Å². The van der Waals surface area contributed by atoms with Gasteiger partial charge in [0.2, 0.25) is 0 Å². The van der Waals surface area contributed by atoms with Crippen molar-refractivity contribution in [2.24, 2.45) is 0 Å². The summed E-state index contributed by atoms with van der Waals surface area (Å²) in [7, 11) is 0. The Kier molecular flexibility index (Phi) is 15.1. The summed E-state index contributed by atoms with van der Waals surface area (Å²) in [6.45, 7) is 2.15. The average Bonchev–Trinajstić information content (AvgIpc) is 3.03. The number of allylic oxidation sites excluding steroid dienone is 13. The number of imide groups is 1. The molecule has 1 fully saturated rings. The molecule has 1 saturated heterocycles. The topological polar surface area (TPSA) is 46.2 Å². The van der Waals surface area contributed by atoms with Crippen LogP contribution in [0.3, 0.4) is 0 Å². The highest BCUT2D eigenvalue weighted by Gasteiger charge is 2.24. The number of hydrogen-bond donors (Lipinski definition) is 1. The largest absolute Gasteiger partial charge is 0.290 e. The van der Waals surface area contributed by atoms with Gasteiger partial charge in [0.05, 0.1) is 4.91 Å². The van der Waals surface area contributed by atoms with E-state index in [4.69, 9.17) is 0 Å². The lowest BCUT2D eigenvalue weighted by atomic mass is 10.2. The van der Waals surface area contributed by atoms with Crippen molar-refractivity contribution < 1.29 is 9.59 Å². The molecule has 1 rings (SSSR count). The van der Waals surface area contributed by atoms with Gasteiger partial charge in [-0.1, -0.05) is 85.9 Å². The second kappa shape index (κ2) is 17.7. The van der Waals surface area contributed by atoms with Crippen molar-refractivity contribution >= 4 is 22.9 Å². The Hall–Kier alpha value is -2.33. The second-order valence-electron chi connectivity index (χ2n) is 6.40. The van der Waals surface area contributed by atoms with E-state index in [0.717, 1.165) is 63.1 Å². The van der Waals surface area contributed by atoms with E-state index in [1.807, 2.05) is 6.08 Å². The maximum atomic E-state index is 11.4. The van der Waals surface area contributed by atoms with E-state index in [1.165, 1.54) is 0 Å². The lowest BCUT2D eigenvalue weighted by Gasteiger charge is -1.90. The molecule has 0 bridgehead atoms. The molecule has 1 N–H and O–H groups in total. The Labute approximate surface area is 180 Å². The lowest BCUT2D eigenvalue weighted by molar-refractivity contribution is -0.115. The van der Waals surface area contributed by atoms with Gasteiger partial charge in [-0.2, -0.15) is 0 Å². The zero-order valence-electron chi connectivity index (χ0n) is 17.4. The normalized spacial score (nSPS) is 17.1. The van der Waals surface area contributed by atoms with E-state index in [0.29, 0.717) is 4.91 Å². The van der Waals surface area contributed by atoms with Crippen molar-refractivity contribution in [1.82, 2.24) is 5.32 Å². The minimum Gasteiger partial charge on any atom is -0.282 e. The van der Waals surface area contributed by atoms with Crippen LogP contribution in [-0.4, -0.2) is 11.1 Å². The third kappa shape index (κ3) is 14.3. The third-order valence-electron chi connectivity index (χ3n) is 3.90. The van der Waals surface area contributed by atoms with Gasteiger partial charge < -0.3 is 0 Å². The molecule has 2 amide bonds. The molecule has 0 aliphatic carbocycles. The summed E-state index contributed by atoms with van der Waals surface area (Å²) in [6.07, 6.45) is 35.6. The van der Waals surface area contributed by atoms with Crippen molar-refractivity contribution in [3.05, 3.63) is 83.9 Å². The monoisotopic (exact) mass is 411 g/mol. The molecule has 3 nitrogen and oxygen atoms in total. The molecule has 1 aliphatic rings. The molecule has 0 atom stereocenters. The molecular formula is C25H33NO2S. The predicted molar refractivity (Wildman–Crippen MR) is 127 cm³/mol. The number of rotatable bonds is 14. The summed E-state index contributed by atoms with van der Waals surface area (Å²) in [5.41, 5.74) is 0. The molecular weight excluding hydrogens is 378 g/mol. The van der Waals surface area contributed by atoms with E-state index >= 15 is 0 Å². The Morgan fingerprint density at radius 3 is 1.52 bits per heavy atom. The van der Waals surface area contributed by atoms with Crippen LogP contribution >= 0.6 is 11.8 Å². The van der Waals surface area contributed by atoms with Gasteiger partial charge in [0, 0.05) is 0 Å². The van der Waals surface area contributed by atoms with Crippen LogP contribution in [0, 0.1) is 0 Å². The molecule has 4 heteroatoms. The number of hydrogen-bond acceptors (Lipinski definition) is 3. The number of unbranched alkanes of at least 4 members (excludes halogenated alkanes) is 1. The van der Waals surface area contributed by atoms with Crippen molar-refractivity contribution in [1.29, 1.82) is 0 Å². The van der Waals surface area contributed by atoms with Gasteiger partial charge in [0.1, 0.15) is 0 Å². The van der Waals surface area contributed by atoms with Crippen molar-refractivity contribution in [3.8, 4) is 0 Å². The molecule has 29 heavy (non-hydrogen) atoms. The van der Waals surface area contributed by atoms with E-state index in [1.54, 1.807) is 0 Å². The van der Waals surface area contributed by atoms with Gasteiger partial charge in [-0.3, -0.25) is 14.9 Å². The van der Waals surface area contributed by atoms with Crippen LogP contribution in [0.25, 0.3) is 0 Å². The molecule has 0 saturated carbocycles. The number of carbonyl (C=O) groups is 2. The van der Waals surface area contributed by atoms with Crippen LogP contribution in [0.5, 0.6) is 0 Å². The van der Waals surface area contributed by atoms with Gasteiger partial charge >= 0.3 is 0 Å². The maximum absolute atomic E-state index is 11.4. The first-order valence-corrected chi connectivity index (χ1v) is 11.2. The quantitative estimate of drug-likeness (QED) is 0.185. The molecule has 1 aliphatic heterocycles. The molecule has 0 aromatic carbocycles. The summed E-state index contributed by atoms with van der Waals surface area (Å²) in [5, 5.41) is 1.97. The average molecular weight is 412 g/mol. The van der Waals surface area contributed by atoms with Crippen LogP contribution in [0.15, 0.2) is 83.9 Å². The fourth-order valence-electron chi connectivity index (χ4n) is 2.41. The summed E-state index contributed by atoms with van der Waals surface area (Å²) in [6, 6.07) is 0. The minimum absolute atomic E-state index is 0.275. The fraction of sp³-hybridized carbons (Fsp3) is 0.360. The summed E-state index contributed by atoms with van der Waals surface area (Å²) in [5.74, 6) is -0.275. The van der Waals surface area contributed by atoms with Crippen molar-refractivity contribution in [3.63, 3.8) is 0 Å². The SMILES string of the molecule is CCC=CCC=CCC=CCC=CCC=CCC=CCCC=C1SC(=O)NC1=O. The van der Waals surface area contributed by atoms with Gasteiger partial charge in [-0.05, 0) is 63.1 Å². The second-order valence-corrected chi connectivity index (χ2v) is 7.42. The van der Waals surface area contributed by atoms with Crippen LogP contribution < -0.4 is 5.32 Å². The summed E-state index contributed by atoms with van der Waals surface area (Å²) >= 11 is 0.975. The Bertz CT molecular complexity index is 694. The molecule has 0 spiro atoms. The van der Waals surface area contributed by atoms with Crippen LogP contribution in [0.1, 0.15) is 58.3 Å². The van der Waals surface area contributed by atoms with E-state index < -0.39 is 0 Å². The third-order valence-corrected chi connectivity index (χ3v) is 4.76. The highest BCUT2D eigenvalue weighted by atomic mass is 32.2. The van der Waals surface area contributed by atoms with E-state index in [2.05, 4.69) is 85.2 Å². The highest BCUT2D eigenvalue weighted by molar-refractivity contribution is 8.18. The first-order chi connectivity index (χ1) is 14.2. The molecule has 0 aromatic heterocycles. The maximum Gasteiger partial charge on any atom is 0.290 e. The van der Waals surface area contributed by atoms with Gasteiger partial charge in [-0.15, -0.1) is 0 Å². The Morgan fingerprint density at radius 2 is 1.10 bits per heavy atom. The van der Waals surface area contributed by atoms with E-state index in [-0.39, 0.29) is 11.1 Å². The molecule has 0 aromatic rings. The minimum atomic E-state index is -0.282. The van der Waals surface area contributed by atoms with Gasteiger partial charge in [-0.25, -0.2) is 0 Å². The smallest absolute Gasteiger partial charge is 0.282 e. The predicted octanol–water partition coefficient (Wildman–Crippen LogP) is 7.33. The first-order valence-electron chi connectivity index (χ1n) is 10.4. The van der Waals surface area contributed by atoms with Crippen molar-refractivity contribution in [2.45, 2.75) is 58.3 Å². The first kappa shape index (κ1) is 24.7. The number of thioether (sulfide) groups is 1. The lowest BCUT2D eigenvalue weighted by Crippen LogP contribution is -2.17. The summed E-state index contributed by atoms with van der Waals surface area (Å²) in [4.78, 5) is 22.9. The van der Waals surface area contributed by atoms with Crippen LogP contribution in [0.2, 0.25) is 0 Å². The van der Waals surface area contributed by atoms with Gasteiger partial charge in [0.15, 0.2) is 0 Å². The highest BCUT2D eigenvalue weighted by Crippen LogP contribution is 2.23. The Morgan fingerprint density at radius 1 is 0.655 bits per heavy atom. The number of amides is 2. The summed E-state index contributed by atoms with van der Waals surface area (Å²) < 4.78 is 0. The zero-order chi connectivity index (χ0) is 21.0. The van der Waals surface area contributed by atoms with Gasteiger partial charge in [0.25, 0.3) is 11.1 Å². The zero-order valence-corrected chi connectivity index (χ0v) is 18.2. The molecule has 0 unspecified atom stereocenters. The molecule has 0 radical (unpaired) electrons. The standard InChI is InChI=1S/C25H33NO2S/c1-2-3-4-5-6-7-8-9-10-11-12-13-14-15-16-17-18-19-20-21-22-23-24(27)26-25(28)29-23/h3-4,6-7,9-10,12-13,15-16,18-19,22H,2,5,8,11,14,17,20-21H2,1H3,(H,26,27,28). The molecule has 1 heterocycles. The number of nitrogens with one attached hydrogen (secondary N) is 1. The fourth-order valence-corrected chi connectivity index (χ4v) is 3.10.